The van der Waals surface area contributed by atoms with Crippen molar-refractivity contribution in [1.29, 1.82) is 0 Å². The number of halogens is 1. The predicted octanol–water partition coefficient (Wildman–Crippen LogP) is 3.54. The summed E-state index contributed by atoms with van der Waals surface area (Å²) in [5.41, 5.74) is 3.50. The van der Waals surface area contributed by atoms with E-state index < -0.39 is 0 Å². The van der Waals surface area contributed by atoms with Gasteiger partial charge in [-0.05, 0) is 49.6 Å². The van der Waals surface area contributed by atoms with Crippen LogP contribution in [0.1, 0.15) is 24.2 Å². The molecule has 0 saturated carbocycles. The third kappa shape index (κ3) is 5.36. The topological polar surface area (TPSA) is 79.8 Å². The van der Waals surface area contributed by atoms with E-state index in [0.717, 1.165) is 5.71 Å². The Bertz CT molecular complexity index is 752. The molecule has 0 fully saturated rings. The van der Waals surface area contributed by atoms with Gasteiger partial charge in [-0.3, -0.25) is 9.59 Å². The first-order valence-corrected chi connectivity index (χ1v) is 8.28. The Labute approximate surface area is 148 Å². The second kappa shape index (κ2) is 8.47. The lowest BCUT2D eigenvalue weighted by atomic mass is 10.3. The molecule has 6 nitrogen and oxygen atoms in total. The molecule has 0 atom stereocenters. The van der Waals surface area contributed by atoms with Crippen molar-refractivity contribution < 1.29 is 14.3 Å². The van der Waals surface area contributed by atoms with Crippen molar-refractivity contribution >= 4 is 45.5 Å². The summed E-state index contributed by atoms with van der Waals surface area (Å²) >= 11 is 7.03. The van der Waals surface area contributed by atoms with E-state index in [1.54, 1.807) is 49.6 Å². The van der Waals surface area contributed by atoms with Crippen LogP contribution in [0.2, 0.25) is 5.02 Å². The van der Waals surface area contributed by atoms with Gasteiger partial charge in [0.1, 0.15) is 10.8 Å². The number of amides is 2. The summed E-state index contributed by atoms with van der Waals surface area (Å²) in [5, 5.41) is 9.27. The third-order valence-electron chi connectivity index (χ3n) is 2.73. The van der Waals surface area contributed by atoms with E-state index in [1.165, 1.54) is 11.3 Å². The molecule has 0 bridgehead atoms. The number of carbonyl (C=O) groups is 2. The van der Waals surface area contributed by atoms with Crippen molar-refractivity contribution in [3.8, 4) is 5.75 Å². The van der Waals surface area contributed by atoms with Crippen LogP contribution in [0.25, 0.3) is 0 Å². The maximum Gasteiger partial charge on any atom is 0.274 e. The molecular weight excluding hydrogens is 350 g/mol. The fourth-order valence-electron chi connectivity index (χ4n) is 1.65. The highest BCUT2D eigenvalue weighted by atomic mass is 35.5. The number of carbonyl (C=O) groups excluding carboxylic acids is 2. The minimum absolute atomic E-state index is 0.174. The number of anilines is 1. The summed E-state index contributed by atoms with van der Waals surface area (Å²) in [5.74, 6) is -0.213. The van der Waals surface area contributed by atoms with Crippen LogP contribution >= 0.6 is 22.9 Å². The first-order valence-electron chi connectivity index (χ1n) is 7.02. The van der Waals surface area contributed by atoms with Crippen molar-refractivity contribution in [2.45, 2.75) is 13.8 Å². The number of rotatable bonds is 6. The monoisotopic (exact) mass is 365 g/mol. The standard InChI is InChI=1S/C16H16ClN3O3S/c1-10(2)19-20-15(22)13-7-8-24-16(13)18-14(21)9-23-12-5-3-11(17)4-6-12/h3-8H,9H2,1-2H3,(H,18,21)(H,20,22). The predicted molar refractivity (Wildman–Crippen MR) is 96.1 cm³/mol. The van der Waals surface area contributed by atoms with Crippen molar-refractivity contribution in [3.05, 3.63) is 46.3 Å². The Morgan fingerprint density at radius 3 is 2.58 bits per heavy atom. The zero-order valence-corrected chi connectivity index (χ0v) is 14.7. The molecule has 0 unspecified atom stereocenters. The van der Waals surface area contributed by atoms with Gasteiger partial charge in [0.15, 0.2) is 6.61 Å². The molecule has 0 radical (unpaired) electrons. The normalized spacial score (nSPS) is 9.96. The zero-order valence-electron chi connectivity index (χ0n) is 13.1. The summed E-state index contributed by atoms with van der Waals surface area (Å²) in [4.78, 5) is 24.0. The zero-order chi connectivity index (χ0) is 17.5. The van der Waals surface area contributed by atoms with Crippen LogP contribution in [-0.4, -0.2) is 24.1 Å². The SMILES string of the molecule is CC(C)=NNC(=O)c1ccsc1NC(=O)COc1ccc(Cl)cc1. The Morgan fingerprint density at radius 2 is 1.92 bits per heavy atom. The van der Waals surface area contributed by atoms with Crippen molar-refractivity contribution in [2.24, 2.45) is 5.10 Å². The van der Waals surface area contributed by atoms with Crippen molar-refractivity contribution in [1.82, 2.24) is 5.43 Å². The van der Waals surface area contributed by atoms with Crippen molar-refractivity contribution in [3.63, 3.8) is 0 Å². The number of nitrogens with one attached hydrogen (secondary N) is 2. The fraction of sp³-hybridized carbons (Fsp3) is 0.188. The molecule has 0 spiro atoms. The molecule has 0 saturated heterocycles. The number of hydrogen-bond acceptors (Lipinski definition) is 5. The molecule has 8 heteroatoms. The molecule has 126 valence electrons. The molecule has 2 rings (SSSR count). The number of hydrogen-bond donors (Lipinski definition) is 2. The molecular formula is C16H16ClN3O3S. The number of hydrazone groups is 1. The molecule has 0 aliphatic rings. The molecule has 1 heterocycles. The van der Waals surface area contributed by atoms with Crippen LogP contribution in [0.15, 0.2) is 40.8 Å². The largest absolute Gasteiger partial charge is 0.484 e. The fourth-order valence-corrected chi connectivity index (χ4v) is 2.58. The average molecular weight is 366 g/mol. The van der Waals surface area contributed by atoms with E-state index in [-0.39, 0.29) is 18.4 Å². The first-order chi connectivity index (χ1) is 11.5. The Hall–Kier alpha value is -2.38. The number of thiophene rings is 1. The minimum atomic E-state index is -0.383. The average Bonchev–Trinajstić information content (AvgIpc) is 3.00. The molecule has 1 aromatic carbocycles. The lowest BCUT2D eigenvalue weighted by molar-refractivity contribution is -0.118. The highest BCUT2D eigenvalue weighted by Gasteiger charge is 2.15. The van der Waals surface area contributed by atoms with E-state index in [2.05, 4.69) is 15.8 Å². The second-order valence-corrected chi connectivity index (χ2v) is 6.31. The summed E-state index contributed by atoms with van der Waals surface area (Å²) in [6.45, 7) is 3.36. The van der Waals surface area contributed by atoms with Gasteiger partial charge in [-0.1, -0.05) is 11.6 Å². The van der Waals surface area contributed by atoms with Gasteiger partial charge in [0.2, 0.25) is 0 Å². The van der Waals surface area contributed by atoms with E-state index >= 15 is 0 Å². The van der Waals surface area contributed by atoms with Crippen LogP contribution < -0.4 is 15.5 Å². The smallest absolute Gasteiger partial charge is 0.274 e. The number of ether oxygens (including phenoxy) is 1. The number of benzene rings is 1. The van der Waals surface area contributed by atoms with Crippen LogP contribution in [0.4, 0.5) is 5.00 Å². The minimum Gasteiger partial charge on any atom is -0.484 e. The lowest BCUT2D eigenvalue weighted by Gasteiger charge is -2.08. The van der Waals surface area contributed by atoms with E-state index in [1.807, 2.05) is 0 Å². The Kier molecular flexibility index (Phi) is 6.34. The van der Waals surface area contributed by atoms with Gasteiger partial charge in [0.05, 0.1) is 5.56 Å². The van der Waals surface area contributed by atoms with E-state index in [4.69, 9.17) is 16.3 Å². The van der Waals surface area contributed by atoms with Gasteiger partial charge in [-0.25, -0.2) is 5.43 Å². The van der Waals surface area contributed by atoms with Crippen LogP contribution in [0.3, 0.4) is 0 Å². The second-order valence-electron chi connectivity index (χ2n) is 4.95. The van der Waals surface area contributed by atoms with Crippen LogP contribution in [0.5, 0.6) is 5.75 Å². The highest BCUT2D eigenvalue weighted by Crippen LogP contribution is 2.23. The Balaban J connectivity index is 1.92. The molecule has 0 aliphatic carbocycles. The highest BCUT2D eigenvalue weighted by molar-refractivity contribution is 7.14. The maximum atomic E-state index is 12.0. The molecule has 24 heavy (non-hydrogen) atoms. The van der Waals surface area contributed by atoms with E-state index in [9.17, 15) is 9.59 Å². The van der Waals surface area contributed by atoms with Gasteiger partial charge in [0, 0.05) is 10.7 Å². The summed E-state index contributed by atoms with van der Waals surface area (Å²) in [7, 11) is 0. The van der Waals surface area contributed by atoms with Gasteiger partial charge >= 0.3 is 0 Å². The van der Waals surface area contributed by atoms with E-state index in [0.29, 0.717) is 21.3 Å². The van der Waals surface area contributed by atoms with Crippen LogP contribution in [-0.2, 0) is 4.79 Å². The third-order valence-corrected chi connectivity index (χ3v) is 3.81. The van der Waals surface area contributed by atoms with Gasteiger partial charge < -0.3 is 10.1 Å². The van der Waals surface area contributed by atoms with Gasteiger partial charge in [-0.15, -0.1) is 11.3 Å². The molecule has 2 amide bonds. The molecule has 2 aromatic rings. The summed E-state index contributed by atoms with van der Waals surface area (Å²) in [6, 6.07) is 8.31. The Morgan fingerprint density at radius 1 is 1.21 bits per heavy atom. The quantitative estimate of drug-likeness (QED) is 0.607. The first kappa shape index (κ1) is 18.0. The summed E-state index contributed by atoms with van der Waals surface area (Å²) in [6.07, 6.45) is 0. The van der Waals surface area contributed by atoms with Gasteiger partial charge in [0.25, 0.3) is 11.8 Å². The van der Waals surface area contributed by atoms with Crippen molar-refractivity contribution in [2.75, 3.05) is 11.9 Å². The molecule has 0 aliphatic heterocycles. The maximum absolute atomic E-state index is 12.0. The van der Waals surface area contributed by atoms with Gasteiger partial charge in [-0.2, -0.15) is 5.10 Å². The molecule has 2 N–H and O–H groups in total. The lowest BCUT2D eigenvalue weighted by Crippen LogP contribution is -2.23. The number of nitrogens with zero attached hydrogens (tertiary/aromatic N) is 1. The van der Waals surface area contributed by atoms with Crippen LogP contribution in [0, 0.1) is 0 Å². The summed E-state index contributed by atoms with van der Waals surface area (Å²) < 4.78 is 5.36. The molecule has 1 aromatic heterocycles.